The molecule has 0 aromatic carbocycles. The summed E-state index contributed by atoms with van der Waals surface area (Å²) in [4.78, 5) is 34.0. The average molecular weight is 286 g/mol. The van der Waals surface area contributed by atoms with Crippen molar-refractivity contribution in [3.05, 3.63) is 0 Å². The molecule has 0 aliphatic carbocycles. The fraction of sp³-hybridized carbons (Fsp3) is 0.786. The minimum absolute atomic E-state index is 0.0172. The molecule has 3 amide bonds. The van der Waals surface area contributed by atoms with Gasteiger partial charge in [0, 0.05) is 12.5 Å². The molecule has 0 radical (unpaired) electrons. The van der Waals surface area contributed by atoms with Crippen LogP contribution in [0.4, 0.5) is 4.79 Å². The van der Waals surface area contributed by atoms with E-state index < -0.39 is 23.3 Å². The van der Waals surface area contributed by atoms with E-state index in [0.717, 1.165) is 0 Å². The molecule has 0 spiro atoms. The van der Waals surface area contributed by atoms with E-state index >= 15 is 0 Å². The first-order valence-electron chi connectivity index (χ1n) is 6.65. The molecule has 0 aliphatic heterocycles. The zero-order valence-corrected chi connectivity index (χ0v) is 13.2. The summed E-state index contributed by atoms with van der Waals surface area (Å²) in [5.41, 5.74) is -0.797. The Morgan fingerprint density at radius 3 is 1.95 bits per heavy atom. The Morgan fingerprint density at radius 1 is 1.05 bits per heavy atom. The largest absolute Gasteiger partial charge is 0.481 e. The van der Waals surface area contributed by atoms with E-state index in [1.807, 2.05) is 27.7 Å². The van der Waals surface area contributed by atoms with E-state index in [4.69, 9.17) is 5.11 Å². The van der Waals surface area contributed by atoms with Crippen molar-refractivity contribution in [3.8, 4) is 0 Å². The number of carbonyl (C=O) groups is 3. The van der Waals surface area contributed by atoms with Crippen molar-refractivity contribution in [2.24, 2.45) is 10.8 Å². The maximum Gasteiger partial charge on any atom is 0.321 e. The van der Waals surface area contributed by atoms with Crippen molar-refractivity contribution in [2.75, 3.05) is 0 Å². The number of urea groups is 1. The van der Waals surface area contributed by atoms with Gasteiger partial charge in [0.1, 0.15) is 0 Å². The predicted octanol–water partition coefficient (Wildman–Crippen LogP) is 2.14. The maximum atomic E-state index is 11.7. The first-order valence-corrected chi connectivity index (χ1v) is 6.65. The third-order valence-electron chi connectivity index (χ3n) is 3.17. The summed E-state index contributed by atoms with van der Waals surface area (Å²) in [5, 5.41) is 13.7. The van der Waals surface area contributed by atoms with Gasteiger partial charge in [0.15, 0.2) is 0 Å². The monoisotopic (exact) mass is 286 g/mol. The third kappa shape index (κ3) is 7.76. The van der Waals surface area contributed by atoms with Gasteiger partial charge < -0.3 is 10.4 Å². The number of carbonyl (C=O) groups excluding carboxylic acids is 2. The topological polar surface area (TPSA) is 95.5 Å². The van der Waals surface area contributed by atoms with Crippen LogP contribution in [-0.4, -0.2) is 29.1 Å². The van der Waals surface area contributed by atoms with Gasteiger partial charge in [0.25, 0.3) is 0 Å². The van der Waals surface area contributed by atoms with E-state index in [9.17, 15) is 14.4 Å². The molecule has 0 heterocycles. The lowest BCUT2D eigenvalue weighted by Crippen LogP contribution is -2.48. The molecular formula is C14H26N2O4. The number of carboxylic acids is 1. The predicted molar refractivity (Wildman–Crippen MR) is 76.2 cm³/mol. The smallest absolute Gasteiger partial charge is 0.321 e. The van der Waals surface area contributed by atoms with Gasteiger partial charge in [-0.1, -0.05) is 34.6 Å². The minimum atomic E-state index is -0.964. The molecule has 0 rings (SSSR count). The number of imide groups is 1. The summed E-state index contributed by atoms with van der Waals surface area (Å²) in [6.45, 7) is 11.2. The Morgan fingerprint density at radius 2 is 1.55 bits per heavy atom. The number of amides is 3. The molecule has 20 heavy (non-hydrogen) atoms. The molecule has 6 heteroatoms. The summed E-state index contributed by atoms with van der Waals surface area (Å²) >= 11 is 0. The van der Waals surface area contributed by atoms with Crippen LogP contribution >= 0.6 is 0 Å². The quantitative estimate of drug-likeness (QED) is 0.721. The number of aliphatic carboxylic acids is 1. The highest BCUT2D eigenvalue weighted by Crippen LogP contribution is 2.24. The Kier molecular flexibility index (Phi) is 6.19. The van der Waals surface area contributed by atoms with Crippen molar-refractivity contribution in [1.82, 2.24) is 10.6 Å². The molecule has 0 fully saturated rings. The molecule has 1 atom stereocenters. The van der Waals surface area contributed by atoms with Crippen LogP contribution in [0.25, 0.3) is 0 Å². The lowest BCUT2D eigenvalue weighted by molar-refractivity contribution is -0.139. The molecule has 0 saturated carbocycles. The van der Waals surface area contributed by atoms with E-state index in [-0.39, 0.29) is 24.3 Å². The number of rotatable bonds is 5. The second-order valence-corrected chi connectivity index (χ2v) is 7.02. The van der Waals surface area contributed by atoms with Crippen LogP contribution in [0.15, 0.2) is 0 Å². The van der Waals surface area contributed by atoms with Gasteiger partial charge in [-0.3, -0.25) is 14.9 Å². The Bertz CT molecular complexity index is 383. The molecule has 0 aromatic heterocycles. The van der Waals surface area contributed by atoms with Gasteiger partial charge in [-0.25, -0.2) is 4.79 Å². The van der Waals surface area contributed by atoms with E-state index in [0.29, 0.717) is 0 Å². The van der Waals surface area contributed by atoms with E-state index in [1.165, 1.54) is 0 Å². The van der Waals surface area contributed by atoms with Crippen LogP contribution in [0.3, 0.4) is 0 Å². The zero-order valence-electron chi connectivity index (χ0n) is 13.2. The van der Waals surface area contributed by atoms with Gasteiger partial charge in [0.05, 0.1) is 6.42 Å². The second kappa shape index (κ2) is 6.72. The molecule has 6 nitrogen and oxygen atoms in total. The summed E-state index contributed by atoms with van der Waals surface area (Å²) in [6.07, 6.45) is -0.142. The number of nitrogens with one attached hydrogen (secondary N) is 2. The molecular weight excluding hydrogens is 260 g/mol. The van der Waals surface area contributed by atoms with Gasteiger partial charge >= 0.3 is 12.0 Å². The SMILES string of the molecule is CC(NC(=O)NC(=O)CC(C)(C)CC(=O)O)C(C)(C)C. The Balaban J connectivity index is 4.34. The van der Waals surface area contributed by atoms with Gasteiger partial charge in [-0.2, -0.15) is 0 Å². The minimum Gasteiger partial charge on any atom is -0.481 e. The van der Waals surface area contributed by atoms with Crippen molar-refractivity contribution in [2.45, 2.75) is 60.4 Å². The Labute approximate surface area is 120 Å². The number of carboxylic acid groups (broad SMARTS) is 1. The van der Waals surface area contributed by atoms with Gasteiger partial charge in [-0.05, 0) is 17.8 Å². The molecule has 0 bridgehead atoms. The van der Waals surface area contributed by atoms with Crippen molar-refractivity contribution in [3.63, 3.8) is 0 Å². The first kappa shape index (κ1) is 18.4. The van der Waals surface area contributed by atoms with Crippen molar-refractivity contribution in [1.29, 1.82) is 0 Å². The van der Waals surface area contributed by atoms with Crippen LogP contribution in [-0.2, 0) is 9.59 Å². The summed E-state index contributed by atoms with van der Waals surface area (Å²) in [7, 11) is 0. The van der Waals surface area contributed by atoms with Crippen molar-refractivity contribution < 1.29 is 19.5 Å². The van der Waals surface area contributed by atoms with Gasteiger partial charge in [-0.15, -0.1) is 0 Å². The highest BCUT2D eigenvalue weighted by atomic mass is 16.4. The lowest BCUT2D eigenvalue weighted by Gasteiger charge is -2.28. The maximum absolute atomic E-state index is 11.7. The fourth-order valence-electron chi connectivity index (χ4n) is 1.53. The molecule has 0 aromatic rings. The summed E-state index contributed by atoms with van der Waals surface area (Å²) < 4.78 is 0. The highest BCUT2D eigenvalue weighted by Gasteiger charge is 2.27. The third-order valence-corrected chi connectivity index (χ3v) is 3.17. The lowest BCUT2D eigenvalue weighted by atomic mass is 9.85. The summed E-state index contributed by atoms with van der Waals surface area (Å²) in [5.74, 6) is -1.44. The average Bonchev–Trinajstić information content (AvgIpc) is 2.10. The van der Waals surface area contributed by atoms with Crippen LogP contribution in [0.5, 0.6) is 0 Å². The molecule has 0 saturated heterocycles. The van der Waals surface area contributed by atoms with Crippen molar-refractivity contribution >= 4 is 17.9 Å². The number of hydrogen-bond donors (Lipinski definition) is 3. The van der Waals surface area contributed by atoms with Crippen LogP contribution in [0.2, 0.25) is 0 Å². The first-order chi connectivity index (χ1) is 8.83. The Hall–Kier alpha value is -1.59. The van der Waals surface area contributed by atoms with Gasteiger partial charge in [0.2, 0.25) is 5.91 Å². The number of hydrogen-bond acceptors (Lipinski definition) is 3. The fourth-order valence-corrected chi connectivity index (χ4v) is 1.53. The van der Waals surface area contributed by atoms with Crippen LogP contribution in [0, 0.1) is 10.8 Å². The summed E-state index contributed by atoms with van der Waals surface area (Å²) in [6, 6.07) is -0.647. The second-order valence-electron chi connectivity index (χ2n) is 7.02. The van der Waals surface area contributed by atoms with E-state index in [1.54, 1.807) is 13.8 Å². The van der Waals surface area contributed by atoms with Crippen LogP contribution in [0.1, 0.15) is 54.4 Å². The van der Waals surface area contributed by atoms with Crippen LogP contribution < -0.4 is 10.6 Å². The molecule has 3 N–H and O–H groups in total. The molecule has 116 valence electrons. The normalized spacial score (nSPS) is 13.5. The highest BCUT2D eigenvalue weighted by molar-refractivity contribution is 5.94. The zero-order chi connectivity index (χ0) is 16.1. The standard InChI is InChI=1S/C14H26N2O4/c1-9(13(2,3)4)15-12(20)16-10(17)7-14(5,6)8-11(18)19/h9H,7-8H2,1-6H3,(H,18,19)(H2,15,16,17,20). The van der Waals surface area contributed by atoms with E-state index in [2.05, 4.69) is 10.6 Å². The molecule has 1 unspecified atom stereocenters. The molecule has 0 aliphatic rings.